The molecule has 3 aliphatic rings. The van der Waals surface area contributed by atoms with Gasteiger partial charge in [-0.05, 0) is 44.0 Å². The van der Waals surface area contributed by atoms with Crippen molar-refractivity contribution >= 4 is 5.91 Å². The zero-order valence-electron chi connectivity index (χ0n) is 11.5. The molecular weight excluding hydrogens is 259 g/mol. The van der Waals surface area contributed by atoms with E-state index in [-0.39, 0.29) is 29.4 Å². The highest BCUT2D eigenvalue weighted by molar-refractivity contribution is 5.79. The summed E-state index contributed by atoms with van der Waals surface area (Å²) < 4.78 is 18.1. The SMILES string of the molecule is CNC12CC(NC(=O)COCc3ccc(F)cc3)(C1)C2. The molecule has 108 valence electrons. The smallest absolute Gasteiger partial charge is 0.246 e. The highest BCUT2D eigenvalue weighted by Crippen LogP contribution is 2.60. The fourth-order valence-electron chi connectivity index (χ4n) is 3.36. The summed E-state index contributed by atoms with van der Waals surface area (Å²) in [6.07, 6.45) is 3.04. The Labute approximate surface area is 117 Å². The van der Waals surface area contributed by atoms with Crippen molar-refractivity contribution in [2.45, 2.75) is 36.9 Å². The van der Waals surface area contributed by atoms with E-state index < -0.39 is 0 Å². The van der Waals surface area contributed by atoms with Crippen LogP contribution in [0.5, 0.6) is 0 Å². The molecule has 5 heteroatoms. The zero-order chi connectivity index (χ0) is 14.2. The van der Waals surface area contributed by atoms with Gasteiger partial charge in [0.2, 0.25) is 5.91 Å². The molecule has 0 aliphatic heterocycles. The fraction of sp³-hybridized carbons (Fsp3) is 0.533. The van der Waals surface area contributed by atoms with Crippen LogP contribution in [0, 0.1) is 5.82 Å². The number of halogens is 1. The lowest BCUT2D eigenvalue weighted by molar-refractivity contribution is -0.144. The van der Waals surface area contributed by atoms with Gasteiger partial charge < -0.3 is 15.4 Å². The average Bonchev–Trinajstić information content (AvgIpc) is 2.34. The Balaban J connectivity index is 1.37. The summed E-state index contributed by atoms with van der Waals surface area (Å²) in [6.45, 7) is 0.368. The molecule has 3 saturated carbocycles. The second kappa shape index (κ2) is 4.82. The van der Waals surface area contributed by atoms with Gasteiger partial charge in [0.1, 0.15) is 12.4 Å². The third-order valence-corrected chi connectivity index (χ3v) is 4.38. The molecule has 4 nitrogen and oxygen atoms in total. The van der Waals surface area contributed by atoms with Gasteiger partial charge in [-0.1, -0.05) is 12.1 Å². The van der Waals surface area contributed by atoms with E-state index in [0.29, 0.717) is 6.61 Å². The molecule has 0 spiro atoms. The number of rotatable bonds is 6. The molecule has 2 N–H and O–H groups in total. The largest absolute Gasteiger partial charge is 0.367 e. The van der Waals surface area contributed by atoms with E-state index in [0.717, 1.165) is 24.8 Å². The Hall–Kier alpha value is -1.46. The van der Waals surface area contributed by atoms with Crippen LogP contribution in [0.4, 0.5) is 4.39 Å². The first-order valence-electron chi connectivity index (χ1n) is 6.87. The van der Waals surface area contributed by atoms with E-state index in [4.69, 9.17) is 4.74 Å². The molecule has 0 heterocycles. The van der Waals surface area contributed by atoms with Crippen LogP contribution in [-0.2, 0) is 16.1 Å². The normalized spacial score (nSPS) is 30.3. The van der Waals surface area contributed by atoms with Crippen molar-refractivity contribution in [3.05, 3.63) is 35.6 Å². The van der Waals surface area contributed by atoms with E-state index in [1.54, 1.807) is 12.1 Å². The standard InChI is InChI=1S/C15H19FN2O2/c1-17-14-8-15(9-14,10-14)18-13(19)7-20-6-11-2-4-12(16)5-3-11/h2-5,17H,6-10H2,1H3,(H,18,19). The lowest BCUT2D eigenvalue weighted by atomic mass is 9.44. The van der Waals surface area contributed by atoms with Gasteiger partial charge in [0.05, 0.1) is 6.61 Å². The molecule has 0 atom stereocenters. The Morgan fingerprint density at radius 2 is 1.90 bits per heavy atom. The van der Waals surface area contributed by atoms with Crippen LogP contribution in [0.3, 0.4) is 0 Å². The van der Waals surface area contributed by atoms with Crippen LogP contribution in [0.1, 0.15) is 24.8 Å². The van der Waals surface area contributed by atoms with Crippen molar-refractivity contribution in [3.63, 3.8) is 0 Å². The Bertz CT molecular complexity index is 495. The molecule has 1 aromatic rings. The lowest BCUT2D eigenvalue weighted by Gasteiger charge is -2.70. The minimum absolute atomic E-state index is 0.0132. The van der Waals surface area contributed by atoms with Crippen molar-refractivity contribution in [1.82, 2.24) is 10.6 Å². The molecular formula is C15H19FN2O2. The van der Waals surface area contributed by atoms with Crippen molar-refractivity contribution in [3.8, 4) is 0 Å². The van der Waals surface area contributed by atoms with Gasteiger partial charge in [-0.2, -0.15) is 0 Å². The Kier molecular flexibility index (Phi) is 3.26. The van der Waals surface area contributed by atoms with Gasteiger partial charge in [-0.15, -0.1) is 0 Å². The molecule has 1 aromatic carbocycles. The molecule has 1 amide bonds. The Morgan fingerprint density at radius 1 is 1.25 bits per heavy atom. The van der Waals surface area contributed by atoms with Gasteiger partial charge in [-0.25, -0.2) is 4.39 Å². The number of hydrogen-bond donors (Lipinski definition) is 2. The third-order valence-electron chi connectivity index (χ3n) is 4.38. The topological polar surface area (TPSA) is 50.4 Å². The van der Waals surface area contributed by atoms with Gasteiger partial charge in [0, 0.05) is 11.1 Å². The molecule has 3 aliphatic carbocycles. The van der Waals surface area contributed by atoms with E-state index in [1.165, 1.54) is 12.1 Å². The fourth-order valence-corrected chi connectivity index (χ4v) is 3.36. The number of carbonyl (C=O) groups excluding carboxylic acids is 1. The van der Waals surface area contributed by atoms with E-state index in [1.807, 2.05) is 7.05 Å². The van der Waals surface area contributed by atoms with Gasteiger partial charge in [-0.3, -0.25) is 4.79 Å². The number of ether oxygens (including phenoxy) is 1. The van der Waals surface area contributed by atoms with Gasteiger partial charge in [0.25, 0.3) is 0 Å². The molecule has 2 bridgehead atoms. The quantitative estimate of drug-likeness (QED) is 0.826. The van der Waals surface area contributed by atoms with Crippen LogP contribution < -0.4 is 10.6 Å². The highest BCUT2D eigenvalue weighted by Gasteiger charge is 2.67. The summed E-state index contributed by atoms with van der Waals surface area (Å²) >= 11 is 0. The summed E-state index contributed by atoms with van der Waals surface area (Å²) in [5.41, 5.74) is 1.15. The molecule has 0 unspecified atom stereocenters. The summed E-state index contributed by atoms with van der Waals surface area (Å²) in [7, 11) is 1.97. The van der Waals surface area contributed by atoms with Crippen molar-refractivity contribution in [2.75, 3.05) is 13.7 Å². The second-order valence-corrected chi connectivity index (χ2v) is 6.01. The van der Waals surface area contributed by atoms with Crippen molar-refractivity contribution < 1.29 is 13.9 Å². The molecule has 4 rings (SSSR count). The molecule has 0 aromatic heterocycles. The molecule has 0 radical (unpaired) electrons. The predicted molar refractivity (Wildman–Crippen MR) is 72.6 cm³/mol. The van der Waals surface area contributed by atoms with Gasteiger partial charge >= 0.3 is 0 Å². The Morgan fingerprint density at radius 3 is 2.50 bits per heavy atom. The second-order valence-electron chi connectivity index (χ2n) is 6.01. The average molecular weight is 278 g/mol. The number of nitrogens with one attached hydrogen (secondary N) is 2. The summed E-state index contributed by atoms with van der Waals surface area (Å²) in [5.74, 6) is -0.343. The minimum atomic E-state index is -0.270. The first-order valence-corrected chi connectivity index (χ1v) is 6.87. The van der Waals surface area contributed by atoms with E-state index in [9.17, 15) is 9.18 Å². The summed E-state index contributed by atoms with van der Waals surface area (Å²) in [5, 5.41) is 6.35. The van der Waals surface area contributed by atoms with Crippen LogP contribution in [-0.4, -0.2) is 30.6 Å². The molecule has 3 fully saturated rings. The lowest BCUT2D eigenvalue weighted by Crippen LogP contribution is -2.83. The maximum Gasteiger partial charge on any atom is 0.246 e. The maximum absolute atomic E-state index is 12.7. The minimum Gasteiger partial charge on any atom is -0.367 e. The van der Waals surface area contributed by atoms with Crippen LogP contribution in [0.25, 0.3) is 0 Å². The highest BCUT2D eigenvalue weighted by atomic mass is 19.1. The van der Waals surface area contributed by atoms with Crippen LogP contribution in [0.15, 0.2) is 24.3 Å². The summed E-state index contributed by atoms with van der Waals surface area (Å²) in [6, 6.07) is 6.09. The van der Waals surface area contributed by atoms with Crippen LogP contribution in [0.2, 0.25) is 0 Å². The van der Waals surface area contributed by atoms with E-state index >= 15 is 0 Å². The number of carbonyl (C=O) groups is 1. The zero-order valence-corrected chi connectivity index (χ0v) is 11.5. The third kappa shape index (κ3) is 2.43. The van der Waals surface area contributed by atoms with Gasteiger partial charge in [0.15, 0.2) is 0 Å². The first-order chi connectivity index (χ1) is 9.55. The molecule has 0 saturated heterocycles. The molecule has 20 heavy (non-hydrogen) atoms. The monoisotopic (exact) mass is 278 g/mol. The first kappa shape index (κ1) is 13.5. The predicted octanol–water partition coefficient (Wildman–Crippen LogP) is 1.35. The summed E-state index contributed by atoms with van der Waals surface area (Å²) in [4.78, 5) is 11.8. The van der Waals surface area contributed by atoms with E-state index in [2.05, 4.69) is 10.6 Å². The number of amides is 1. The maximum atomic E-state index is 12.7. The van der Waals surface area contributed by atoms with Crippen molar-refractivity contribution in [2.24, 2.45) is 0 Å². The van der Waals surface area contributed by atoms with Crippen molar-refractivity contribution in [1.29, 1.82) is 0 Å². The van der Waals surface area contributed by atoms with Crippen LogP contribution >= 0.6 is 0 Å². The number of hydrogen-bond acceptors (Lipinski definition) is 3. The number of benzene rings is 1.